The van der Waals surface area contributed by atoms with Crippen molar-refractivity contribution in [2.24, 2.45) is 0 Å². The molecule has 0 aliphatic carbocycles. The van der Waals surface area contributed by atoms with Crippen LogP contribution in [-0.2, 0) is 6.18 Å². The molecule has 0 radical (unpaired) electrons. The van der Waals surface area contributed by atoms with Crippen LogP contribution < -0.4 is 0 Å². The van der Waals surface area contributed by atoms with Crippen molar-refractivity contribution < 1.29 is 31.1 Å². The molecule has 0 aliphatic rings. The van der Waals surface area contributed by atoms with Gasteiger partial charge in [-0.2, -0.15) is 26.3 Å². The molecule has 0 spiro atoms. The number of rotatable bonds is 1. The number of hydrogen-bond donors (Lipinski definition) is 0. The summed E-state index contributed by atoms with van der Waals surface area (Å²) in [5.41, 5.74) is -6.20. The lowest BCUT2D eigenvalue weighted by molar-refractivity contribution is -0.137. The molecule has 0 N–H and O–H groups in total. The monoisotopic (exact) mass is 274 g/mol. The van der Waals surface area contributed by atoms with Crippen LogP contribution >= 0.6 is 11.8 Å². The normalized spacial score (nSPS) is 12.6. The zero-order valence-corrected chi connectivity index (χ0v) is 8.71. The first-order valence-electron chi connectivity index (χ1n) is 4.07. The molecule has 1 rings (SSSR count). The summed E-state index contributed by atoms with van der Waals surface area (Å²) in [5, 5.41) is -1.34. The van der Waals surface area contributed by atoms with E-state index >= 15 is 0 Å². The molecule has 0 aromatic heterocycles. The summed E-state index contributed by atoms with van der Waals surface area (Å²) in [6.07, 6.45) is -4.58. The summed E-state index contributed by atoms with van der Waals surface area (Å²) in [6.45, 7) is 0. The van der Waals surface area contributed by atoms with Crippen LogP contribution in [0.25, 0.3) is 0 Å². The molecule has 0 bridgehead atoms. The molecular weight excluding hydrogens is 270 g/mol. The number of benzene rings is 1. The van der Waals surface area contributed by atoms with Crippen LogP contribution in [0.5, 0.6) is 0 Å². The minimum atomic E-state index is -4.75. The van der Waals surface area contributed by atoms with Crippen molar-refractivity contribution in [3.05, 3.63) is 35.4 Å². The molecule has 1 aromatic carbocycles. The molecular formula is C9H4F6OS. The Hall–Kier alpha value is -1.18. The van der Waals surface area contributed by atoms with Crippen molar-refractivity contribution in [2.75, 3.05) is 0 Å². The third-order valence-electron chi connectivity index (χ3n) is 1.66. The number of thioether (sulfide) groups is 1. The van der Waals surface area contributed by atoms with Crippen LogP contribution in [0, 0.1) is 0 Å². The first kappa shape index (κ1) is 13.9. The van der Waals surface area contributed by atoms with Crippen molar-refractivity contribution in [1.82, 2.24) is 0 Å². The lowest BCUT2D eigenvalue weighted by Crippen LogP contribution is -2.08. The Morgan fingerprint density at radius 2 is 1.41 bits per heavy atom. The Bertz CT molecular complexity index is 405. The molecule has 94 valence electrons. The molecule has 1 aromatic rings. The van der Waals surface area contributed by atoms with Gasteiger partial charge in [0.15, 0.2) is 0 Å². The van der Waals surface area contributed by atoms with Crippen molar-refractivity contribution >= 4 is 16.9 Å². The fraction of sp³-hybridized carbons (Fsp3) is 0.222. The first-order chi connectivity index (χ1) is 7.59. The van der Waals surface area contributed by atoms with Crippen LogP contribution in [0.1, 0.15) is 15.9 Å². The second-order valence-corrected chi connectivity index (χ2v) is 3.95. The van der Waals surface area contributed by atoms with Crippen molar-refractivity contribution in [2.45, 2.75) is 11.7 Å². The van der Waals surface area contributed by atoms with Gasteiger partial charge in [-0.25, -0.2) is 0 Å². The average molecular weight is 274 g/mol. The van der Waals surface area contributed by atoms with Crippen molar-refractivity contribution in [3.63, 3.8) is 0 Å². The van der Waals surface area contributed by atoms with E-state index in [2.05, 4.69) is 0 Å². The number of carbonyl (C=O) groups excluding carboxylic acids is 1. The van der Waals surface area contributed by atoms with Gasteiger partial charge in [-0.05, 0) is 24.3 Å². The maximum Gasteiger partial charge on any atom is 0.449 e. The molecule has 0 saturated carbocycles. The molecule has 0 saturated heterocycles. The van der Waals surface area contributed by atoms with E-state index in [1.807, 2.05) is 0 Å². The Kier molecular flexibility index (Phi) is 3.75. The molecule has 0 aliphatic heterocycles. The van der Waals surface area contributed by atoms with Gasteiger partial charge in [0.25, 0.3) is 0 Å². The SMILES string of the molecule is O=C(SC(F)(F)F)c1ccc(C(F)(F)F)cc1. The smallest absolute Gasteiger partial charge is 0.281 e. The second kappa shape index (κ2) is 4.59. The van der Waals surface area contributed by atoms with E-state index in [1.165, 1.54) is 0 Å². The van der Waals surface area contributed by atoms with Gasteiger partial charge >= 0.3 is 11.7 Å². The number of alkyl halides is 6. The summed E-state index contributed by atoms with van der Waals surface area (Å²) >= 11 is -0.897. The maximum absolute atomic E-state index is 12.1. The lowest BCUT2D eigenvalue weighted by Gasteiger charge is -2.07. The van der Waals surface area contributed by atoms with Gasteiger partial charge in [-0.15, -0.1) is 0 Å². The van der Waals surface area contributed by atoms with E-state index in [-0.39, 0.29) is 0 Å². The van der Waals surface area contributed by atoms with Gasteiger partial charge in [0.1, 0.15) is 0 Å². The number of halogens is 6. The highest BCUT2D eigenvalue weighted by Gasteiger charge is 2.34. The summed E-state index contributed by atoms with van der Waals surface area (Å²) in [5.74, 6) is 0. The van der Waals surface area contributed by atoms with Gasteiger partial charge < -0.3 is 0 Å². The van der Waals surface area contributed by atoms with Crippen molar-refractivity contribution in [3.8, 4) is 0 Å². The Labute approximate surface area is 95.8 Å². The lowest BCUT2D eigenvalue weighted by atomic mass is 10.1. The van der Waals surface area contributed by atoms with E-state index in [1.54, 1.807) is 0 Å². The Morgan fingerprint density at radius 3 is 1.76 bits per heavy atom. The predicted molar refractivity (Wildman–Crippen MR) is 49.4 cm³/mol. The fourth-order valence-electron chi connectivity index (χ4n) is 0.959. The van der Waals surface area contributed by atoms with E-state index in [0.29, 0.717) is 24.3 Å². The third kappa shape index (κ3) is 4.29. The molecule has 0 heterocycles. The first-order valence-corrected chi connectivity index (χ1v) is 4.88. The molecule has 0 fully saturated rings. The molecule has 0 unspecified atom stereocenters. The number of hydrogen-bond acceptors (Lipinski definition) is 2. The zero-order valence-electron chi connectivity index (χ0n) is 7.89. The van der Waals surface area contributed by atoms with Gasteiger partial charge in [0.05, 0.1) is 5.56 Å². The fourth-order valence-corrected chi connectivity index (χ4v) is 1.42. The Balaban J connectivity index is 2.85. The molecule has 8 heteroatoms. The third-order valence-corrected chi connectivity index (χ3v) is 2.31. The van der Waals surface area contributed by atoms with E-state index < -0.39 is 39.7 Å². The van der Waals surface area contributed by atoms with Gasteiger partial charge in [0, 0.05) is 17.3 Å². The van der Waals surface area contributed by atoms with Crippen LogP contribution in [0.2, 0.25) is 0 Å². The van der Waals surface area contributed by atoms with Crippen LogP contribution in [-0.4, -0.2) is 10.6 Å². The summed E-state index contributed by atoms with van der Waals surface area (Å²) in [7, 11) is 0. The standard InChI is InChI=1S/C9H4F6OS/c10-8(11,12)6-3-1-5(2-4-6)7(16)17-9(13,14)15/h1-4H. The summed E-state index contributed by atoms with van der Waals surface area (Å²) in [4.78, 5) is 11.0. The highest BCUT2D eigenvalue weighted by Crippen LogP contribution is 2.34. The highest BCUT2D eigenvalue weighted by molar-refractivity contribution is 8.14. The maximum atomic E-state index is 12.1. The van der Waals surface area contributed by atoms with Crippen molar-refractivity contribution in [1.29, 1.82) is 0 Å². The molecule has 1 nitrogen and oxygen atoms in total. The van der Waals surface area contributed by atoms with Gasteiger partial charge in [-0.3, -0.25) is 4.79 Å². The highest BCUT2D eigenvalue weighted by atomic mass is 32.2. The van der Waals surface area contributed by atoms with Crippen LogP contribution in [0.3, 0.4) is 0 Å². The molecule has 0 atom stereocenters. The number of carbonyl (C=O) groups is 1. The average Bonchev–Trinajstić information content (AvgIpc) is 2.14. The molecule has 0 amide bonds. The van der Waals surface area contributed by atoms with Gasteiger partial charge in [0.2, 0.25) is 5.12 Å². The van der Waals surface area contributed by atoms with Gasteiger partial charge in [-0.1, -0.05) is 0 Å². The van der Waals surface area contributed by atoms with Crippen LogP contribution in [0.4, 0.5) is 26.3 Å². The predicted octanol–water partition coefficient (Wildman–Crippen LogP) is 4.10. The quantitative estimate of drug-likeness (QED) is 0.717. The minimum Gasteiger partial charge on any atom is -0.281 e. The van der Waals surface area contributed by atoms with E-state index in [9.17, 15) is 31.1 Å². The van der Waals surface area contributed by atoms with E-state index in [4.69, 9.17) is 0 Å². The molecule has 17 heavy (non-hydrogen) atoms. The van der Waals surface area contributed by atoms with Crippen LogP contribution in [0.15, 0.2) is 24.3 Å². The summed E-state index contributed by atoms with van der Waals surface area (Å²) < 4.78 is 71.8. The topological polar surface area (TPSA) is 17.1 Å². The Morgan fingerprint density at radius 1 is 0.941 bits per heavy atom. The zero-order chi connectivity index (χ0) is 13.3. The second-order valence-electron chi connectivity index (χ2n) is 2.91. The summed E-state index contributed by atoms with van der Waals surface area (Å²) in [6, 6.07) is 2.54. The minimum absolute atomic E-state index is 0.430. The largest absolute Gasteiger partial charge is 0.449 e. The van der Waals surface area contributed by atoms with E-state index in [0.717, 1.165) is 0 Å².